The number of halogens is 3. The summed E-state index contributed by atoms with van der Waals surface area (Å²) in [5.74, 6) is -1.06. The molecule has 3 rings (SSSR count). The molecule has 0 aliphatic carbocycles. The Kier molecular flexibility index (Phi) is 5.93. The third-order valence-corrected chi connectivity index (χ3v) is 5.45. The van der Waals surface area contributed by atoms with E-state index in [9.17, 15) is 23.1 Å². The van der Waals surface area contributed by atoms with Gasteiger partial charge >= 0.3 is 12.1 Å². The minimum Gasteiger partial charge on any atom is -0.478 e. The summed E-state index contributed by atoms with van der Waals surface area (Å²) in [5.41, 5.74) is 1.95. The molecule has 0 spiro atoms. The van der Waals surface area contributed by atoms with Crippen molar-refractivity contribution in [3.05, 3.63) is 71.4 Å². The Morgan fingerprint density at radius 1 is 1.17 bits per heavy atom. The van der Waals surface area contributed by atoms with Crippen LogP contribution >= 0.6 is 11.9 Å². The molecule has 0 aliphatic rings. The van der Waals surface area contributed by atoms with Crippen molar-refractivity contribution in [1.29, 1.82) is 0 Å². The lowest BCUT2D eigenvalue weighted by Crippen LogP contribution is -2.06. The van der Waals surface area contributed by atoms with Crippen LogP contribution in [-0.4, -0.2) is 15.6 Å². The molecule has 29 heavy (non-hydrogen) atoms. The highest BCUT2D eigenvalue weighted by atomic mass is 32.2. The van der Waals surface area contributed by atoms with Crippen molar-refractivity contribution in [3.63, 3.8) is 0 Å². The summed E-state index contributed by atoms with van der Waals surface area (Å²) >= 11 is 1.10. The predicted octanol–water partition coefficient (Wildman–Crippen LogP) is 6.09. The summed E-state index contributed by atoms with van der Waals surface area (Å²) in [7, 11) is 1.81. The van der Waals surface area contributed by atoms with Crippen molar-refractivity contribution in [1.82, 2.24) is 4.57 Å². The Morgan fingerprint density at radius 2 is 1.93 bits per heavy atom. The van der Waals surface area contributed by atoms with E-state index in [-0.39, 0.29) is 5.56 Å². The first-order valence-electron chi connectivity index (χ1n) is 8.82. The van der Waals surface area contributed by atoms with E-state index in [4.69, 9.17) is 0 Å². The molecule has 0 saturated carbocycles. The van der Waals surface area contributed by atoms with Crippen molar-refractivity contribution in [2.45, 2.75) is 24.4 Å². The first-order valence-corrected chi connectivity index (χ1v) is 9.64. The van der Waals surface area contributed by atoms with Gasteiger partial charge in [0.25, 0.3) is 0 Å². The lowest BCUT2D eigenvalue weighted by Gasteiger charge is -2.16. The molecule has 0 bridgehead atoms. The van der Waals surface area contributed by atoms with E-state index in [1.54, 1.807) is 6.07 Å². The van der Waals surface area contributed by atoms with Gasteiger partial charge in [0.05, 0.1) is 16.8 Å². The van der Waals surface area contributed by atoms with Crippen LogP contribution in [-0.2, 0) is 19.6 Å². The van der Waals surface area contributed by atoms with E-state index in [1.165, 1.54) is 18.2 Å². The molecule has 0 aliphatic heterocycles. The van der Waals surface area contributed by atoms with Crippen molar-refractivity contribution in [2.75, 3.05) is 4.72 Å². The standard InChI is InChI=1S/C21H19F3N2O2S/c1-3-13-6-7-14(20(27)28)11-19(13)29-25-17-12-15(21(22,23)24)8-9-16(17)18-5-4-10-26(18)2/h4-12,25H,3H2,1-2H3,(H,27,28). The van der Waals surface area contributed by atoms with Gasteiger partial charge in [0.1, 0.15) is 0 Å². The van der Waals surface area contributed by atoms with Crippen molar-refractivity contribution < 1.29 is 23.1 Å². The van der Waals surface area contributed by atoms with E-state index in [2.05, 4.69) is 4.72 Å². The number of alkyl halides is 3. The van der Waals surface area contributed by atoms with Gasteiger partial charge in [-0.25, -0.2) is 4.79 Å². The van der Waals surface area contributed by atoms with E-state index in [1.807, 2.05) is 36.9 Å². The SMILES string of the molecule is CCc1ccc(C(=O)O)cc1SNc1cc(C(F)(F)F)ccc1-c1cccn1C. The second-order valence-electron chi connectivity index (χ2n) is 6.45. The molecular weight excluding hydrogens is 401 g/mol. The molecule has 0 fully saturated rings. The molecular formula is C21H19F3N2O2S. The predicted molar refractivity (Wildman–Crippen MR) is 108 cm³/mol. The number of hydrogen-bond acceptors (Lipinski definition) is 3. The molecule has 0 atom stereocenters. The Bertz CT molecular complexity index is 1040. The Labute approximate surface area is 170 Å². The molecule has 2 aromatic carbocycles. The summed E-state index contributed by atoms with van der Waals surface area (Å²) in [4.78, 5) is 11.9. The largest absolute Gasteiger partial charge is 0.478 e. The normalized spacial score (nSPS) is 11.5. The molecule has 1 heterocycles. The number of aromatic carboxylic acids is 1. The average Bonchev–Trinajstić information content (AvgIpc) is 3.10. The molecule has 0 saturated heterocycles. The van der Waals surface area contributed by atoms with Crippen molar-refractivity contribution in [2.24, 2.45) is 7.05 Å². The fraction of sp³-hybridized carbons (Fsp3) is 0.190. The number of carboxylic acids is 1. The zero-order chi connectivity index (χ0) is 21.2. The highest BCUT2D eigenvalue weighted by Crippen LogP contribution is 2.38. The fourth-order valence-electron chi connectivity index (χ4n) is 2.95. The van der Waals surface area contributed by atoms with Gasteiger partial charge in [-0.1, -0.05) is 19.1 Å². The molecule has 1 aromatic heterocycles. The second kappa shape index (κ2) is 8.24. The van der Waals surface area contributed by atoms with Crippen LogP contribution in [0.15, 0.2) is 59.6 Å². The van der Waals surface area contributed by atoms with Crippen molar-refractivity contribution >= 4 is 23.6 Å². The first-order chi connectivity index (χ1) is 13.7. The Balaban J connectivity index is 2.01. The molecule has 0 unspecified atom stereocenters. The third kappa shape index (κ3) is 4.59. The molecule has 0 amide bonds. The molecule has 0 radical (unpaired) electrons. The number of carbonyl (C=O) groups is 1. The number of benzene rings is 2. The van der Waals surface area contributed by atoms with E-state index >= 15 is 0 Å². The molecule has 4 nitrogen and oxygen atoms in total. The topological polar surface area (TPSA) is 54.3 Å². The van der Waals surface area contributed by atoms with Crippen LogP contribution in [0, 0.1) is 0 Å². The molecule has 2 N–H and O–H groups in total. The summed E-state index contributed by atoms with van der Waals surface area (Å²) in [5, 5.41) is 9.23. The number of rotatable bonds is 6. The Morgan fingerprint density at radius 3 is 2.52 bits per heavy atom. The zero-order valence-corrected chi connectivity index (χ0v) is 16.6. The minimum absolute atomic E-state index is 0.123. The summed E-state index contributed by atoms with van der Waals surface area (Å²) in [6, 6.07) is 12.0. The van der Waals surface area contributed by atoms with Gasteiger partial charge in [-0.05, 0) is 60.3 Å². The third-order valence-electron chi connectivity index (χ3n) is 4.53. The van der Waals surface area contributed by atoms with E-state index < -0.39 is 17.7 Å². The minimum atomic E-state index is -4.47. The second-order valence-corrected chi connectivity index (χ2v) is 7.30. The summed E-state index contributed by atoms with van der Waals surface area (Å²) in [6.07, 6.45) is -1.99. The van der Waals surface area contributed by atoms with Crippen LogP contribution in [0.5, 0.6) is 0 Å². The Hall–Kier alpha value is -2.87. The lowest BCUT2D eigenvalue weighted by molar-refractivity contribution is -0.137. The maximum Gasteiger partial charge on any atom is 0.416 e. The van der Waals surface area contributed by atoms with Gasteiger partial charge in [-0.3, -0.25) is 0 Å². The quantitative estimate of drug-likeness (QED) is 0.474. The lowest BCUT2D eigenvalue weighted by atomic mass is 10.1. The van der Waals surface area contributed by atoms with E-state index in [0.29, 0.717) is 22.6 Å². The smallest absolute Gasteiger partial charge is 0.416 e. The van der Waals surface area contributed by atoms with Crippen LogP contribution < -0.4 is 4.72 Å². The molecule has 8 heteroatoms. The summed E-state index contributed by atoms with van der Waals surface area (Å²) < 4.78 is 44.5. The van der Waals surface area contributed by atoms with Gasteiger partial charge in [0.2, 0.25) is 0 Å². The monoisotopic (exact) mass is 420 g/mol. The van der Waals surface area contributed by atoms with Crippen LogP contribution in [0.3, 0.4) is 0 Å². The number of nitrogens with one attached hydrogen (secondary N) is 1. The van der Waals surface area contributed by atoms with Crippen LogP contribution in [0.2, 0.25) is 0 Å². The average molecular weight is 420 g/mol. The van der Waals surface area contributed by atoms with E-state index in [0.717, 1.165) is 35.3 Å². The highest BCUT2D eigenvalue weighted by Gasteiger charge is 2.31. The van der Waals surface area contributed by atoms with Gasteiger partial charge in [-0.2, -0.15) is 13.2 Å². The van der Waals surface area contributed by atoms with Gasteiger partial charge in [0, 0.05) is 29.4 Å². The molecule has 3 aromatic rings. The maximum absolute atomic E-state index is 13.2. The number of anilines is 1. The maximum atomic E-state index is 13.2. The van der Waals surface area contributed by atoms with Crippen LogP contribution in [0.25, 0.3) is 11.3 Å². The van der Waals surface area contributed by atoms with Crippen LogP contribution in [0.1, 0.15) is 28.4 Å². The number of hydrogen-bond donors (Lipinski definition) is 2. The van der Waals surface area contributed by atoms with Gasteiger partial charge in [0.15, 0.2) is 0 Å². The number of carboxylic acid groups (broad SMARTS) is 1. The van der Waals surface area contributed by atoms with Crippen molar-refractivity contribution in [3.8, 4) is 11.3 Å². The number of aromatic nitrogens is 1. The number of nitrogens with zero attached hydrogens (tertiary/aromatic N) is 1. The van der Waals surface area contributed by atoms with Gasteiger partial charge < -0.3 is 14.4 Å². The summed E-state index contributed by atoms with van der Waals surface area (Å²) in [6.45, 7) is 1.93. The fourth-order valence-corrected chi connectivity index (χ4v) is 3.87. The van der Waals surface area contributed by atoms with Gasteiger partial charge in [-0.15, -0.1) is 0 Å². The first kappa shape index (κ1) is 20.9. The highest BCUT2D eigenvalue weighted by molar-refractivity contribution is 8.00. The zero-order valence-electron chi connectivity index (χ0n) is 15.7. The van der Waals surface area contributed by atoms with Crippen LogP contribution in [0.4, 0.5) is 18.9 Å². The molecule has 152 valence electrons. The number of aryl methyl sites for hydroxylation is 2.